The summed E-state index contributed by atoms with van der Waals surface area (Å²) in [6, 6.07) is 0. The van der Waals surface area contributed by atoms with Crippen molar-refractivity contribution in [2.24, 2.45) is 11.3 Å². The topological polar surface area (TPSA) is 49.3 Å². The molecule has 18 heavy (non-hydrogen) atoms. The maximum atomic E-state index is 11.5. The molecular weight excluding hydrogens is 226 g/mol. The first-order valence-corrected chi connectivity index (χ1v) is 6.97. The van der Waals surface area contributed by atoms with Crippen molar-refractivity contribution in [2.75, 3.05) is 6.54 Å². The normalized spacial score (nSPS) is 28.9. The molecule has 0 aromatic rings. The number of carbonyl (C=O) groups is 1. The standard InChI is InChI=1S/C15H27NO2/c1-5-11-16-15(13(17)18)9-7-12(8-10-15)14(3,4)6-2/h5,12,16H,1,6-11H2,2-4H3,(H,17,18). The fourth-order valence-electron chi connectivity index (χ4n) is 2.91. The van der Waals surface area contributed by atoms with Crippen molar-refractivity contribution in [3.63, 3.8) is 0 Å². The van der Waals surface area contributed by atoms with Gasteiger partial charge in [-0.1, -0.05) is 33.3 Å². The van der Waals surface area contributed by atoms with E-state index < -0.39 is 11.5 Å². The highest BCUT2D eigenvalue weighted by atomic mass is 16.4. The molecule has 0 aliphatic heterocycles. The number of nitrogens with one attached hydrogen (secondary N) is 1. The number of rotatable bonds is 6. The molecule has 0 spiro atoms. The number of carboxylic acids is 1. The van der Waals surface area contributed by atoms with Crippen LogP contribution < -0.4 is 5.32 Å². The van der Waals surface area contributed by atoms with E-state index in [1.54, 1.807) is 6.08 Å². The predicted octanol–water partition coefficient (Wildman–Crippen LogP) is 3.21. The molecule has 0 radical (unpaired) electrons. The van der Waals surface area contributed by atoms with Gasteiger partial charge in [0.25, 0.3) is 0 Å². The molecule has 1 saturated carbocycles. The molecule has 1 aliphatic rings. The van der Waals surface area contributed by atoms with Crippen molar-refractivity contribution < 1.29 is 9.90 Å². The van der Waals surface area contributed by atoms with Gasteiger partial charge in [-0.25, -0.2) is 0 Å². The van der Waals surface area contributed by atoms with Gasteiger partial charge in [-0.2, -0.15) is 0 Å². The van der Waals surface area contributed by atoms with Crippen molar-refractivity contribution >= 4 is 5.97 Å². The second-order valence-electron chi connectivity index (χ2n) is 6.17. The van der Waals surface area contributed by atoms with Crippen molar-refractivity contribution in [2.45, 2.75) is 58.4 Å². The van der Waals surface area contributed by atoms with Crippen LogP contribution in [0.1, 0.15) is 52.9 Å². The van der Waals surface area contributed by atoms with Gasteiger partial charge in [0.1, 0.15) is 5.54 Å². The van der Waals surface area contributed by atoms with Gasteiger partial charge >= 0.3 is 5.97 Å². The van der Waals surface area contributed by atoms with Crippen LogP contribution in [-0.4, -0.2) is 23.2 Å². The van der Waals surface area contributed by atoms with Gasteiger partial charge in [-0.15, -0.1) is 6.58 Å². The Hall–Kier alpha value is -0.830. The molecule has 3 nitrogen and oxygen atoms in total. The average molecular weight is 253 g/mol. The van der Waals surface area contributed by atoms with E-state index in [2.05, 4.69) is 32.7 Å². The third-order valence-corrected chi connectivity index (χ3v) is 4.85. The van der Waals surface area contributed by atoms with Gasteiger partial charge in [-0.3, -0.25) is 10.1 Å². The summed E-state index contributed by atoms with van der Waals surface area (Å²) in [6.45, 7) is 11.0. The van der Waals surface area contributed by atoms with E-state index >= 15 is 0 Å². The Morgan fingerprint density at radius 2 is 2.06 bits per heavy atom. The fraction of sp³-hybridized carbons (Fsp3) is 0.800. The van der Waals surface area contributed by atoms with Crippen molar-refractivity contribution in [3.8, 4) is 0 Å². The van der Waals surface area contributed by atoms with Crippen LogP contribution in [0, 0.1) is 11.3 Å². The van der Waals surface area contributed by atoms with Gasteiger partial charge in [-0.05, 0) is 37.0 Å². The Bertz CT molecular complexity index is 302. The molecule has 1 fully saturated rings. The van der Waals surface area contributed by atoms with Gasteiger partial charge in [0.15, 0.2) is 0 Å². The molecule has 2 N–H and O–H groups in total. The summed E-state index contributed by atoms with van der Waals surface area (Å²) < 4.78 is 0. The first kappa shape index (κ1) is 15.2. The lowest BCUT2D eigenvalue weighted by Gasteiger charge is -2.43. The predicted molar refractivity (Wildman–Crippen MR) is 74.6 cm³/mol. The molecule has 3 heteroatoms. The van der Waals surface area contributed by atoms with Crippen LogP contribution in [0.15, 0.2) is 12.7 Å². The quantitative estimate of drug-likeness (QED) is 0.715. The van der Waals surface area contributed by atoms with Crippen molar-refractivity contribution in [1.29, 1.82) is 0 Å². The van der Waals surface area contributed by atoms with Crippen LogP contribution in [0.2, 0.25) is 0 Å². The molecule has 0 amide bonds. The minimum absolute atomic E-state index is 0.323. The van der Waals surface area contributed by atoms with Crippen LogP contribution >= 0.6 is 0 Å². The summed E-state index contributed by atoms with van der Waals surface area (Å²) in [5, 5.41) is 12.6. The second-order valence-corrected chi connectivity index (χ2v) is 6.17. The van der Waals surface area contributed by atoms with Crippen LogP contribution in [0.4, 0.5) is 0 Å². The summed E-state index contributed by atoms with van der Waals surface area (Å²) >= 11 is 0. The number of carboxylic acid groups (broad SMARTS) is 1. The van der Waals surface area contributed by atoms with Crippen LogP contribution in [0.25, 0.3) is 0 Å². The molecule has 1 rings (SSSR count). The molecule has 0 atom stereocenters. The highest BCUT2D eigenvalue weighted by molar-refractivity contribution is 5.79. The Balaban J connectivity index is 2.69. The minimum atomic E-state index is -0.728. The van der Waals surface area contributed by atoms with E-state index in [0.29, 0.717) is 17.9 Å². The Labute approximate surface area is 111 Å². The third kappa shape index (κ3) is 3.14. The summed E-state index contributed by atoms with van der Waals surface area (Å²) in [5.74, 6) is -0.0717. The molecule has 0 unspecified atom stereocenters. The molecule has 0 saturated heterocycles. The Morgan fingerprint density at radius 3 is 2.44 bits per heavy atom. The van der Waals surface area contributed by atoms with Crippen LogP contribution in [0.5, 0.6) is 0 Å². The summed E-state index contributed by atoms with van der Waals surface area (Å²) in [7, 11) is 0. The molecule has 104 valence electrons. The molecular formula is C15H27NO2. The summed E-state index contributed by atoms with van der Waals surface area (Å²) in [4.78, 5) is 11.5. The monoisotopic (exact) mass is 253 g/mol. The first-order chi connectivity index (χ1) is 8.38. The van der Waals surface area contributed by atoms with Crippen LogP contribution in [-0.2, 0) is 4.79 Å². The smallest absolute Gasteiger partial charge is 0.323 e. The zero-order valence-corrected chi connectivity index (χ0v) is 12.0. The van der Waals surface area contributed by atoms with E-state index in [-0.39, 0.29) is 0 Å². The van der Waals surface area contributed by atoms with Crippen molar-refractivity contribution in [3.05, 3.63) is 12.7 Å². The number of aliphatic carboxylic acids is 1. The molecule has 0 aromatic carbocycles. The first-order valence-electron chi connectivity index (χ1n) is 6.97. The number of hydrogen-bond acceptors (Lipinski definition) is 2. The maximum Gasteiger partial charge on any atom is 0.323 e. The fourth-order valence-corrected chi connectivity index (χ4v) is 2.91. The Kier molecular flexibility index (Phi) is 4.97. The highest BCUT2D eigenvalue weighted by Gasteiger charge is 2.44. The van der Waals surface area contributed by atoms with E-state index in [1.807, 2.05) is 0 Å². The zero-order valence-electron chi connectivity index (χ0n) is 12.0. The number of hydrogen-bond donors (Lipinski definition) is 2. The van der Waals surface area contributed by atoms with Gasteiger partial charge in [0.2, 0.25) is 0 Å². The zero-order chi connectivity index (χ0) is 13.8. The minimum Gasteiger partial charge on any atom is -0.480 e. The molecule has 0 heterocycles. The molecule has 1 aliphatic carbocycles. The van der Waals surface area contributed by atoms with E-state index in [9.17, 15) is 9.90 Å². The van der Waals surface area contributed by atoms with Crippen molar-refractivity contribution in [1.82, 2.24) is 5.32 Å². The SMILES string of the molecule is C=CCNC1(C(=O)O)CCC(C(C)(C)CC)CC1. The summed E-state index contributed by atoms with van der Waals surface area (Å²) in [6.07, 6.45) is 6.33. The maximum absolute atomic E-state index is 11.5. The van der Waals surface area contributed by atoms with E-state index in [1.165, 1.54) is 0 Å². The second kappa shape index (κ2) is 5.87. The largest absolute Gasteiger partial charge is 0.480 e. The highest BCUT2D eigenvalue weighted by Crippen LogP contribution is 2.43. The van der Waals surface area contributed by atoms with Gasteiger partial charge in [0.05, 0.1) is 0 Å². The van der Waals surface area contributed by atoms with Crippen LogP contribution in [0.3, 0.4) is 0 Å². The van der Waals surface area contributed by atoms with Gasteiger partial charge in [0, 0.05) is 6.54 Å². The molecule has 0 bridgehead atoms. The average Bonchev–Trinajstić information content (AvgIpc) is 2.36. The Morgan fingerprint density at radius 1 is 1.50 bits per heavy atom. The molecule has 0 aromatic heterocycles. The van der Waals surface area contributed by atoms with E-state index in [4.69, 9.17) is 0 Å². The van der Waals surface area contributed by atoms with Gasteiger partial charge < -0.3 is 5.11 Å². The lowest BCUT2D eigenvalue weighted by molar-refractivity contribution is -0.147. The van der Waals surface area contributed by atoms with E-state index in [0.717, 1.165) is 32.1 Å². The summed E-state index contributed by atoms with van der Waals surface area (Å²) in [5.41, 5.74) is -0.405. The third-order valence-electron chi connectivity index (χ3n) is 4.85. The lowest BCUT2D eigenvalue weighted by Crippen LogP contribution is -2.55. The lowest BCUT2D eigenvalue weighted by atomic mass is 9.65.